The Morgan fingerprint density at radius 2 is 1.57 bits per heavy atom. The standard InChI is InChI=1S/C37H64/c1-7-29-24-32-17-18-34(28(6)33(29)8-2)25(3)11-12-26(4)35(32)19-21-37(22-23-37)20-9-10-36(31-15-16-31)27(5)30-13-14-30/h17,25-31,33-36H,7-16,18-24H2,1-6H3. The minimum absolute atomic E-state index is 0.748. The van der Waals surface area contributed by atoms with E-state index in [1.54, 1.807) is 51.4 Å². The lowest BCUT2D eigenvalue weighted by Crippen LogP contribution is -2.32. The van der Waals surface area contributed by atoms with Crippen LogP contribution in [0.25, 0.3) is 0 Å². The zero-order valence-electron chi connectivity index (χ0n) is 25.9. The topological polar surface area (TPSA) is 0 Å². The number of fused-ring (bicyclic) bond motifs is 2. The van der Waals surface area contributed by atoms with Gasteiger partial charge < -0.3 is 0 Å². The Morgan fingerprint density at radius 3 is 2.19 bits per heavy atom. The number of allylic oxidation sites excluding steroid dienone is 2. The van der Waals surface area contributed by atoms with Crippen LogP contribution in [0.15, 0.2) is 11.6 Å². The molecule has 0 aromatic carbocycles. The highest BCUT2D eigenvalue weighted by Gasteiger charge is 2.45. The molecule has 0 nitrogen and oxygen atoms in total. The van der Waals surface area contributed by atoms with Crippen molar-refractivity contribution in [2.45, 2.75) is 151 Å². The van der Waals surface area contributed by atoms with Gasteiger partial charge in [0, 0.05) is 0 Å². The van der Waals surface area contributed by atoms with E-state index in [4.69, 9.17) is 0 Å². The van der Waals surface area contributed by atoms with Crippen molar-refractivity contribution < 1.29 is 0 Å². The molecule has 9 unspecified atom stereocenters. The molecule has 5 rings (SSSR count). The molecule has 37 heavy (non-hydrogen) atoms. The predicted molar refractivity (Wildman–Crippen MR) is 161 cm³/mol. The van der Waals surface area contributed by atoms with Crippen LogP contribution >= 0.6 is 0 Å². The third-order valence-electron chi connectivity index (χ3n) is 13.5. The van der Waals surface area contributed by atoms with Crippen LogP contribution in [0.2, 0.25) is 0 Å². The van der Waals surface area contributed by atoms with Crippen LogP contribution in [-0.4, -0.2) is 0 Å². The molecule has 0 amide bonds. The summed E-state index contributed by atoms with van der Waals surface area (Å²) in [6.45, 7) is 15.5. The molecule has 3 fully saturated rings. The molecular formula is C37H64. The molecule has 2 bridgehead atoms. The maximum Gasteiger partial charge on any atom is -0.0177 e. The molecule has 0 heteroatoms. The Kier molecular flexibility index (Phi) is 9.24. The summed E-state index contributed by atoms with van der Waals surface area (Å²) in [6, 6.07) is 0. The average Bonchev–Trinajstić information content (AvgIpc) is 3.74. The Hall–Kier alpha value is -0.260. The molecule has 0 N–H and O–H groups in total. The molecule has 212 valence electrons. The summed E-state index contributed by atoms with van der Waals surface area (Å²) >= 11 is 0. The quantitative estimate of drug-likeness (QED) is 0.230. The predicted octanol–water partition coefficient (Wildman–Crippen LogP) is 11.5. The normalized spacial score (nSPS) is 39.5. The Labute approximate surface area is 232 Å². The van der Waals surface area contributed by atoms with Crippen molar-refractivity contribution in [3.8, 4) is 0 Å². The van der Waals surface area contributed by atoms with E-state index in [1.165, 1.54) is 57.8 Å². The van der Waals surface area contributed by atoms with E-state index < -0.39 is 0 Å². The van der Waals surface area contributed by atoms with E-state index in [1.807, 2.05) is 5.57 Å². The van der Waals surface area contributed by atoms with E-state index in [9.17, 15) is 0 Å². The first-order valence-corrected chi connectivity index (χ1v) is 17.5. The number of hydrogen-bond acceptors (Lipinski definition) is 0. The van der Waals surface area contributed by atoms with Crippen molar-refractivity contribution in [3.63, 3.8) is 0 Å². The van der Waals surface area contributed by atoms with Crippen molar-refractivity contribution in [1.82, 2.24) is 0 Å². The fourth-order valence-electron chi connectivity index (χ4n) is 10.2. The van der Waals surface area contributed by atoms with Gasteiger partial charge in [-0.25, -0.2) is 0 Å². The lowest BCUT2D eigenvalue weighted by Gasteiger charge is -2.40. The third kappa shape index (κ3) is 6.73. The Bertz CT molecular complexity index is 748. The summed E-state index contributed by atoms with van der Waals surface area (Å²) in [7, 11) is 0. The summed E-state index contributed by atoms with van der Waals surface area (Å²) < 4.78 is 0. The summed E-state index contributed by atoms with van der Waals surface area (Å²) in [5, 5.41) is 0. The molecule has 3 saturated carbocycles. The lowest BCUT2D eigenvalue weighted by molar-refractivity contribution is 0.121. The molecule has 5 aliphatic carbocycles. The second kappa shape index (κ2) is 12.1. The molecule has 9 atom stereocenters. The van der Waals surface area contributed by atoms with Crippen LogP contribution < -0.4 is 0 Å². The molecule has 5 aliphatic rings. The fraction of sp³-hybridized carbons (Fsp3) is 0.946. The first-order valence-electron chi connectivity index (χ1n) is 17.5. The smallest absolute Gasteiger partial charge is 0.0177 e. The highest BCUT2D eigenvalue weighted by molar-refractivity contribution is 5.13. The zero-order chi connectivity index (χ0) is 26.2. The molecule has 0 heterocycles. The zero-order valence-corrected chi connectivity index (χ0v) is 25.9. The van der Waals surface area contributed by atoms with Gasteiger partial charge in [-0.3, -0.25) is 0 Å². The highest BCUT2D eigenvalue weighted by Crippen LogP contribution is 2.57. The lowest BCUT2D eigenvalue weighted by atomic mass is 9.65. The fourth-order valence-corrected chi connectivity index (χ4v) is 10.2. The van der Waals surface area contributed by atoms with E-state index >= 15 is 0 Å². The van der Waals surface area contributed by atoms with Gasteiger partial charge in [0.1, 0.15) is 0 Å². The van der Waals surface area contributed by atoms with Crippen molar-refractivity contribution in [1.29, 1.82) is 0 Å². The Morgan fingerprint density at radius 1 is 0.865 bits per heavy atom. The van der Waals surface area contributed by atoms with Crippen LogP contribution in [0.1, 0.15) is 151 Å². The van der Waals surface area contributed by atoms with Crippen molar-refractivity contribution in [2.24, 2.45) is 70.5 Å². The van der Waals surface area contributed by atoms with Crippen molar-refractivity contribution in [3.05, 3.63) is 11.6 Å². The first kappa shape index (κ1) is 28.3. The molecule has 0 saturated heterocycles. The molecule has 0 aliphatic heterocycles. The van der Waals surface area contributed by atoms with Gasteiger partial charge >= 0.3 is 0 Å². The van der Waals surface area contributed by atoms with Crippen molar-refractivity contribution in [2.75, 3.05) is 0 Å². The van der Waals surface area contributed by atoms with Gasteiger partial charge in [-0.1, -0.05) is 78.9 Å². The summed E-state index contributed by atoms with van der Waals surface area (Å²) in [4.78, 5) is 0. The van der Waals surface area contributed by atoms with Gasteiger partial charge in [0.25, 0.3) is 0 Å². The summed E-state index contributed by atoms with van der Waals surface area (Å²) in [5.41, 5.74) is 2.67. The van der Waals surface area contributed by atoms with Crippen LogP contribution in [0.4, 0.5) is 0 Å². The summed E-state index contributed by atoms with van der Waals surface area (Å²) in [5.74, 6) is 10.6. The highest BCUT2D eigenvalue weighted by atomic mass is 14.5. The minimum atomic E-state index is 0.748. The van der Waals surface area contributed by atoms with Crippen LogP contribution in [0.3, 0.4) is 0 Å². The molecule has 0 aromatic rings. The molecule has 0 aromatic heterocycles. The van der Waals surface area contributed by atoms with Gasteiger partial charge in [0.2, 0.25) is 0 Å². The average molecular weight is 509 g/mol. The van der Waals surface area contributed by atoms with E-state index in [2.05, 4.69) is 47.6 Å². The Balaban J connectivity index is 1.22. The van der Waals surface area contributed by atoms with Gasteiger partial charge in [-0.05, 0) is 154 Å². The van der Waals surface area contributed by atoms with Gasteiger partial charge in [-0.2, -0.15) is 0 Å². The minimum Gasteiger partial charge on any atom is -0.0847 e. The molecule has 0 spiro atoms. The molecule has 0 radical (unpaired) electrons. The van der Waals surface area contributed by atoms with E-state index in [0.29, 0.717) is 0 Å². The number of rotatable bonds is 12. The van der Waals surface area contributed by atoms with Crippen molar-refractivity contribution >= 4 is 0 Å². The van der Waals surface area contributed by atoms with Gasteiger partial charge in [-0.15, -0.1) is 0 Å². The van der Waals surface area contributed by atoms with Gasteiger partial charge in [0.15, 0.2) is 0 Å². The largest absolute Gasteiger partial charge is 0.0847 e. The SMILES string of the molecule is CCC1CC2=CCC(C(C)CCC(C)C2CCC2(CCCC(C3CC3)C(C)C3CC3)CC2)C(C)C1CC. The van der Waals surface area contributed by atoms with E-state index in [0.717, 1.165) is 70.5 Å². The third-order valence-corrected chi connectivity index (χ3v) is 13.5. The van der Waals surface area contributed by atoms with Crippen LogP contribution in [0.5, 0.6) is 0 Å². The van der Waals surface area contributed by atoms with Crippen LogP contribution in [-0.2, 0) is 0 Å². The maximum atomic E-state index is 2.83. The second-order valence-electron chi connectivity index (χ2n) is 15.7. The van der Waals surface area contributed by atoms with E-state index in [-0.39, 0.29) is 0 Å². The van der Waals surface area contributed by atoms with Gasteiger partial charge in [0.05, 0.1) is 0 Å². The maximum absolute atomic E-state index is 2.83. The second-order valence-corrected chi connectivity index (χ2v) is 15.7. The molecular weight excluding hydrogens is 444 g/mol. The number of hydrogen-bond donors (Lipinski definition) is 0. The summed E-state index contributed by atoms with van der Waals surface area (Å²) in [6.07, 6.45) is 28.3. The first-order chi connectivity index (χ1) is 17.9. The monoisotopic (exact) mass is 509 g/mol. The van der Waals surface area contributed by atoms with Crippen LogP contribution in [0, 0.1) is 70.5 Å².